The van der Waals surface area contributed by atoms with Gasteiger partial charge >= 0.3 is 6.18 Å². The molecule has 0 saturated carbocycles. The minimum Gasteiger partial charge on any atom is -0.339 e. The predicted octanol–water partition coefficient (Wildman–Crippen LogP) is 4.89. The highest BCUT2D eigenvalue weighted by molar-refractivity contribution is 5.94. The SMILES string of the molecule is O=C(c1ccc(F)c(F)c1)N1CCC(Cn2c(C(F)(F)F)nc3ccccc32)CC1. The first-order valence-corrected chi connectivity index (χ1v) is 9.51. The molecule has 4 nitrogen and oxygen atoms in total. The fourth-order valence-electron chi connectivity index (χ4n) is 3.87. The molecule has 1 aliphatic rings. The van der Waals surface area contributed by atoms with E-state index in [4.69, 9.17) is 0 Å². The van der Waals surface area contributed by atoms with Gasteiger partial charge in [0.05, 0.1) is 11.0 Å². The normalized spacial score (nSPS) is 15.7. The van der Waals surface area contributed by atoms with Crippen LogP contribution in [0.5, 0.6) is 0 Å². The van der Waals surface area contributed by atoms with E-state index in [1.54, 1.807) is 24.3 Å². The maximum absolute atomic E-state index is 13.5. The molecule has 30 heavy (non-hydrogen) atoms. The van der Waals surface area contributed by atoms with Gasteiger partial charge in [-0.1, -0.05) is 12.1 Å². The molecule has 1 aromatic heterocycles. The van der Waals surface area contributed by atoms with E-state index >= 15 is 0 Å². The van der Waals surface area contributed by atoms with Gasteiger partial charge in [0.1, 0.15) is 0 Å². The van der Waals surface area contributed by atoms with E-state index in [0.717, 1.165) is 12.1 Å². The van der Waals surface area contributed by atoms with Gasteiger partial charge in [0, 0.05) is 25.2 Å². The first-order valence-electron chi connectivity index (χ1n) is 9.51. The Morgan fingerprint density at radius 1 is 1.03 bits per heavy atom. The summed E-state index contributed by atoms with van der Waals surface area (Å²) in [6.45, 7) is 0.801. The lowest BCUT2D eigenvalue weighted by Crippen LogP contribution is -2.39. The van der Waals surface area contributed by atoms with Crippen molar-refractivity contribution in [3.63, 3.8) is 0 Å². The number of alkyl halides is 3. The van der Waals surface area contributed by atoms with Crippen LogP contribution in [-0.4, -0.2) is 33.4 Å². The molecule has 0 radical (unpaired) electrons. The summed E-state index contributed by atoms with van der Waals surface area (Å²) in [5, 5.41) is 0. The molecule has 1 saturated heterocycles. The molecule has 0 atom stereocenters. The quantitative estimate of drug-likeness (QED) is 0.563. The third kappa shape index (κ3) is 3.88. The van der Waals surface area contributed by atoms with Gasteiger partial charge in [-0.05, 0) is 49.1 Å². The van der Waals surface area contributed by atoms with Gasteiger partial charge in [0.15, 0.2) is 11.6 Å². The van der Waals surface area contributed by atoms with E-state index in [0.29, 0.717) is 31.4 Å². The van der Waals surface area contributed by atoms with Gasteiger partial charge in [-0.25, -0.2) is 13.8 Å². The number of carbonyl (C=O) groups excluding carboxylic acids is 1. The van der Waals surface area contributed by atoms with Crippen LogP contribution in [0.2, 0.25) is 0 Å². The smallest absolute Gasteiger partial charge is 0.339 e. The standard InChI is InChI=1S/C21H18F5N3O/c22-15-6-5-14(11-16(15)23)19(30)28-9-7-13(8-10-28)12-29-18-4-2-1-3-17(18)27-20(29)21(24,25)26/h1-6,11,13H,7-10,12H2. The molecule has 3 aromatic rings. The number of aromatic nitrogens is 2. The molecule has 0 unspecified atom stereocenters. The van der Waals surface area contributed by atoms with Crippen molar-refractivity contribution < 1.29 is 26.7 Å². The Hall–Kier alpha value is -2.97. The maximum atomic E-state index is 13.5. The lowest BCUT2D eigenvalue weighted by Gasteiger charge is -2.32. The largest absolute Gasteiger partial charge is 0.449 e. The van der Waals surface area contributed by atoms with Gasteiger partial charge in [0.2, 0.25) is 5.82 Å². The van der Waals surface area contributed by atoms with Crippen molar-refractivity contribution in [3.05, 3.63) is 65.5 Å². The summed E-state index contributed by atoms with van der Waals surface area (Å²) in [6.07, 6.45) is -3.57. The number of rotatable bonds is 3. The highest BCUT2D eigenvalue weighted by Gasteiger charge is 2.38. The number of piperidine rings is 1. The van der Waals surface area contributed by atoms with E-state index in [9.17, 15) is 26.7 Å². The van der Waals surface area contributed by atoms with E-state index in [1.807, 2.05) is 0 Å². The van der Waals surface area contributed by atoms with Gasteiger partial charge in [-0.15, -0.1) is 0 Å². The maximum Gasteiger partial charge on any atom is 0.449 e. The number of imidazole rings is 1. The Labute approximate surface area is 168 Å². The number of amides is 1. The summed E-state index contributed by atoms with van der Waals surface area (Å²) < 4.78 is 68.1. The molecule has 2 heterocycles. The summed E-state index contributed by atoms with van der Waals surface area (Å²) in [7, 11) is 0. The molecule has 4 rings (SSSR count). The highest BCUT2D eigenvalue weighted by Crippen LogP contribution is 2.33. The summed E-state index contributed by atoms with van der Waals surface area (Å²) in [5.74, 6) is -3.54. The second kappa shape index (κ2) is 7.70. The highest BCUT2D eigenvalue weighted by atomic mass is 19.4. The Bertz CT molecular complexity index is 1080. The van der Waals surface area contributed by atoms with E-state index in [2.05, 4.69) is 4.98 Å². The average Bonchev–Trinajstić information content (AvgIpc) is 3.09. The van der Waals surface area contributed by atoms with Gasteiger partial charge in [-0.3, -0.25) is 4.79 Å². The fraction of sp³-hybridized carbons (Fsp3) is 0.333. The molecule has 0 bridgehead atoms. The number of hydrogen-bond acceptors (Lipinski definition) is 2. The first kappa shape index (κ1) is 20.3. The number of nitrogens with zero attached hydrogens (tertiary/aromatic N) is 3. The molecule has 0 spiro atoms. The summed E-state index contributed by atoms with van der Waals surface area (Å²) in [4.78, 5) is 17.8. The molecule has 0 aliphatic carbocycles. The Kier molecular flexibility index (Phi) is 5.21. The summed E-state index contributed by atoms with van der Waals surface area (Å²) in [6, 6.07) is 9.45. The number of fused-ring (bicyclic) bond motifs is 1. The molecule has 158 valence electrons. The summed E-state index contributed by atoms with van der Waals surface area (Å²) >= 11 is 0. The van der Waals surface area contributed by atoms with Crippen LogP contribution >= 0.6 is 0 Å². The lowest BCUT2D eigenvalue weighted by atomic mass is 9.96. The Morgan fingerprint density at radius 3 is 2.40 bits per heavy atom. The van der Waals surface area contributed by atoms with Crippen molar-refractivity contribution in [3.8, 4) is 0 Å². The number of hydrogen-bond donors (Lipinski definition) is 0. The summed E-state index contributed by atoms with van der Waals surface area (Å²) in [5.41, 5.74) is 0.758. The van der Waals surface area contributed by atoms with Crippen LogP contribution in [0.4, 0.5) is 22.0 Å². The molecule has 1 fully saturated rings. The molecule has 1 amide bonds. The fourth-order valence-corrected chi connectivity index (χ4v) is 3.87. The second-order valence-corrected chi connectivity index (χ2v) is 7.40. The molecular formula is C21H18F5N3O. The molecular weight excluding hydrogens is 405 g/mol. The van der Waals surface area contributed by atoms with Crippen molar-refractivity contribution in [2.24, 2.45) is 5.92 Å². The predicted molar refractivity (Wildman–Crippen MR) is 99.7 cm³/mol. The van der Waals surface area contributed by atoms with Crippen LogP contribution in [0.1, 0.15) is 29.0 Å². The third-order valence-corrected chi connectivity index (χ3v) is 5.42. The average molecular weight is 423 g/mol. The van der Waals surface area contributed by atoms with E-state index < -0.39 is 29.5 Å². The number of likely N-dealkylation sites (tertiary alicyclic amines) is 1. The van der Waals surface area contributed by atoms with Gasteiger partial charge < -0.3 is 9.47 Å². The van der Waals surface area contributed by atoms with Crippen molar-refractivity contribution in [1.29, 1.82) is 0 Å². The lowest BCUT2D eigenvalue weighted by molar-refractivity contribution is -0.147. The van der Waals surface area contributed by atoms with Crippen molar-refractivity contribution in [1.82, 2.24) is 14.5 Å². The molecule has 1 aliphatic heterocycles. The number of benzene rings is 2. The van der Waals surface area contributed by atoms with Crippen molar-refractivity contribution in [2.45, 2.75) is 25.6 Å². The molecule has 2 aromatic carbocycles. The molecule has 9 heteroatoms. The Morgan fingerprint density at radius 2 is 1.73 bits per heavy atom. The zero-order chi connectivity index (χ0) is 21.5. The zero-order valence-electron chi connectivity index (χ0n) is 15.8. The van der Waals surface area contributed by atoms with Crippen LogP contribution in [-0.2, 0) is 12.7 Å². The first-order chi connectivity index (χ1) is 14.2. The topological polar surface area (TPSA) is 38.1 Å². The van der Waals surface area contributed by atoms with Crippen LogP contribution in [0, 0.1) is 17.6 Å². The number of para-hydroxylation sites is 2. The third-order valence-electron chi connectivity index (χ3n) is 5.42. The van der Waals surface area contributed by atoms with E-state index in [1.165, 1.54) is 15.5 Å². The van der Waals surface area contributed by atoms with Crippen LogP contribution in [0.25, 0.3) is 11.0 Å². The minimum atomic E-state index is -4.57. The van der Waals surface area contributed by atoms with Crippen LogP contribution < -0.4 is 0 Å². The van der Waals surface area contributed by atoms with Gasteiger partial charge in [-0.2, -0.15) is 13.2 Å². The van der Waals surface area contributed by atoms with Crippen molar-refractivity contribution in [2.75, 3.05) is 13.1 Å². The Balaban J connectivity index is 1.48. The van der Waals surface area contributed by atoms with Crippen LogP contribution in [0.3, 0.4) is 0 Å². The second-order valence-electron chi connectivity index (χ2n) is 7.40. The zero-order valence-corrected chi connectivity index (χ0v) is 15.8. The van der Waals surface area contributed by atoms with Crippen molar-refractivity contribution >= 4 is 16.9 Å². The number of carbonyl (C=O) groups is 1. The molecule has 0 N–H and O–H groups in total. The van der Waals surface area contributed by atoms with Gasteiger partial charge in [0.25, 0.3) is 5.91 Å². The van der Waals surface area contributed by atoms with E-state index in [-0.39, 0.29) is 23.5 Å². The number of halogens is 5. The monoisotopic (exact) mass is 423 g/mol. The minimum absolute atomic E-state index is 0.0484. The van der Waals surface area contributed by atoms with Crippen LogP contribution in [0.15, 0.2) is 42.5 Å².